The summed E-state index contributed by atoms with van der Waals surface area (Å²) in [5.74, 6) is -1.48. The molecule has 2 rings (SSSR count). The van der Waals surface area contributed by atoms with Crippen molar-refractivity contribution in [1.29, 1.82) is 0 Å². The van der Waals surface area contributed by atoms with Gasteiger partial charge in [-0.1, -0.05) is 19.3 Å². The van der Waals surface area contributed by atoms with Crippen molar-refractivity contribution >= 4 is 5.97 Å². The van der Waals surface area contributed by atoms with E-state index in [-0.39, 0.29) is 24.1 Å². The Bertz CT molecular complexity index is 275. The highest BCUT2D eigenvalue weighted by Crippen LogP contribution is 2.40. The third-order valence-corrected chi connectivity index (χ3v) is 4.00. The number of hydrogen-bond donors (Lipinski definition) is 0. The van der Waals surface area contributed by atoms with Gasteiger partial charge in [0.15, 0.2) is 5.79 Å². The van der Waals surface area contributed by atoms with Crippen LogP contribution >= 0.6 is 0 Å². The van der Waals surface area contributed by atoms with Crippen molar-refractivity contribution in [3.05, 3.63) is 0 Å². The number of ether oxygens (including phenoxy) is 3. The van der Waals surface area contributed by atoms with E-state index in [4.69, 9.17) is 14.2 Å². The lowest BCUT2D eigenvalue weighted by Gasteiger charge is -2.28. The smallest absolute Gasteiger partial charge is 0.313 e. The lowest BCUT2D eigenvalue weighted by atomic mass is 10.0. The molecule has 0 radical (unpaired) electrons. The maximum atomic E-state index is 11.6. The van der Waals surface area contributed by atoms with E-state index in [1.807, 2.05) is 6.92 Å². The summed E-state index contributed by atoms with van der Waals surface area (Å²) in [4.78, 5) is 11.6. The van der Waals surface area contributed by atoms with Gasteiger partial charge in [0.05, 0.1) is 19.3 Å². The lowest BCUT2D eigenvalue weighted by Crippen LogP contribution is -2.40. The van der Waals surface area contributed by atoms with Crippen molar-refractivity contribution < 1.29 is 19.0 Å². The predicted molar refractivity (Wildman–Crippen MR) is 62.4 cm³/mol. The molecule has 0 spiro atoms. The molecule has 0 amide bonds. The van der Waals surface area contributed by atoms with Crippen LogP contribution in [0.1, 0.15) is 46.0 Å². The summed E-state index contributed by atoms with van der Waals surface area (Å²) in [6.45, 7) is 3.65. The summed E-state index contributed by atoms with van der Waals surface area (Å²) in [6, 6.07) is 0. The SMILES string of the molecule is COC(=O)C(C)C1(C)O[C@H]2CCCCC[C@@H]2O1. The van der Waals surface area contributed by atoms with Crippen molar-refractivity contribution in [2.24, 2.45) is 5.92 Å². The Labute approximate surface area is 103 Å². The second-order valence-corrected chi connectivity index (χ2v) is 5.21. The van der Waals surface area contributed by atoms with Crippen molar-refractivity contribution in [3.8, 4) is 0 Å². The first-order chi connectivity index (χ1) is 8.07. The number of esters is 1. The number of rotatable bonds is 2. The topological polar surface area (TPSA) is 44.8 Å². The minimum Gasteiger partial charge on any atom is -0.469 e. The third kappa shape index (κ3) is 2.47. The summed E-state index contributed by atoms with van der Waals surface area (Å²) in [5.41, 5.74) is 0. The number of carbonyl (C=O) groups is 1. The van der Waals surface area contributed by atoms with Crippen LogP contribution in [0.4, 0.5) is 0 Å². The van der Waals surface area contributed by atoms with E-state index < -0.39 is 5.79 Å². The Kier molecular flexibility index (Phi) is 3.73. The maximum absolute atomic E-state index is 11.6. The molecule has 3 atom stereocenters. The van der Waals surface area contributed by atoms with E-state index in [2.05, 4.69) is 0 Å². The first kappa shape index (κ1) is 12.8. The second-order valence-electron chi connectivity index (χ2n) is 5.21. The Morgan fingerprint density at radius 2 is 1.76 bits per heavy atom. The average molecular weight is 242 g/mol. The molecule has 0 N–H and O–H groups in total. The Hall–Kier alpha value is -0.610. The van der Waals surface area contributed by atoms with E-state index in [1.165, 1.54) is 26.4 Å². The first-order valence-corrected chi connectivity index (χ1v) is 6.50. The molecule has 2 fully saturated rings. The Morgan fingerprint density at radius 1 is 1.24 bits per heavy atom. The van der Waals surface area contributed by atoms with Gasteiger partial charge in [0.25, 0.3) is 0 Å². The molecule has 2 aliphatic rings. The predicted octanol–water partition coefficient (Wildman–Crippen LogP) is 2.26. The molecule has 1 aliphatic carbocycles. The van der Waals surface area contributed by atoms with Crippen LogP contribution in [0.2, 0.25) is 0 Å². The van der Waals surface area contributed by atoms with Crippen molar-refractivity contribution in [2.75, 3.05) is 7.11 Å². The molecule has 0 bridgehead atoms. The highest BCUT2D eigenvalue weighted by Gasteiger charge is 2.50. The van der Waals surface area contributed by atoms with Crippen molar-refractivity contribution in [2.45, 2.75) is 63.9 Å². The average Bonchev–Trinajstić information content (AvgIpc) is 2.50. The molecule has 1 heterocycles. The summed E-state index contributed by atoms with van der Waals surface area (Å²) in [6.07, 6.45) is 6.00. The molecule has 98 valence electrons. The largest absolute Gasteiger partial charge is 0.469 e. The third-order valence-electron chi connectivity index (χ3n) is 4.00. The highest BCUT2D eigenvalue weighted by atomic mass is 16.8. The molecule has 17 heavy (non-hydrogen) atoms. The summed E-state index contributed by atoms with van der Waals surface area (Å²) < 4.78 is 16.8. The van der Waals surface area contributed by atoms with Gasteiger partial charge >= 0.3 is 5.97 Å². The van der Waals surface area contributed by atoms with E-state index >= 15 is 0 Å². The summed E-state index contributed by atoms with van der Waals surface area (Å²) in [7, 11) is 1.40. The van der Waals surface area contributed by atoms with Gasteiger partial charge in [0.2, 0.25) is 0 Å². The van der Waals surface area contributed by atoms with Crippen LogP contribution in [0.25, 0.3) is 0 Å². The molecule has 4 heteroatoms. The maximum Gasteiger partial charge on any atom is 0.313 e. The summed E-state index contributed by atoms with van der Waals surface area (Å²) >= 11 is 0. The van der Waals surface area contributed by atoms with Gasteiger partial charge in [-0.05, 0) is 26.7 Å². The monoisotopic (exact) mass is 242 g/mol. The van der Waals surface area contributed by atoms with E-state index in [0.717, 1.165) is 12.8 Å². The van der Waals surface area contributed by atoms with Crippen LogP contribution in [0.15, 0.2) is 0 Å². The molecule has 4 nitrogen and oxygen atoms in total. The van der Waals surface area contributed by atoms with Gasteiger partial charge in [-0.2, -0.15) is 0 Å². The summed E-state index contributed by atoms with van der Waals surface area (Å²) in [5, 5.41) is 0. The van der Waals surface area contributed by atoms with Crippen LogP contribution in [0.5, 0.6) is 0 Å². The molecule has 1 saturated carbocycles. The molecule has 0 aromatic carbocycles. The zero-order valence-electron chi connectivity index (χ0n) is 10.9. The van der Waals surface area contributed by atoms with Gasteiger partial charge in [0, 0.05) is 0 Å². The number of carbonyl (C=O) groups excluding carboxylic acids is 1. The minimum atomic E-state index is -0.820. The van der Waals surface area contributed by atoms with Crippen molar-refractivity contribution in [3.63, 3.8) is 0 Å². The zero-order valence-corrected chi connectivity index (χ0v) is 10.9. The van der Waals surface area contributed by atoms with Crippen LogP contribution in [-0.2, 0) is 19.0 Å². The number of methoxy groups -OCH3 is 1. The number of fused-ring (bicyclic) bond motifs is 1. The van der Waals surface area contributed by atoms with Gasteiger partial charge in [-0.3, -0.25) is 4.79 Å². The van der Waals surface area contributed by atoms with Gasteiger partial charge < -0.3 is 14.2 Å². The zero-order chi connectivity index (χ0) is 12.5. The Morgan fingerprint density at radius 3 is 2.24 bits per heavy atom. The lowest BCUT2D eigenvalue weighted by molar-refractivity contribution is -0.207. The fourth-order valence-electron chi connectivity index (χ4n) is 2.73. The van der Waals surface area contributed by atoms with Crippen molar-refractivity contribution in [1.82, 2.24) is 0 Å². The van der Waals surface area contributed by atoms with Gasteiger partial charge in [-0.15, -0.1) is 0 Å². The number of hydrogen-bond acceptors (Lipinski definition) is 4. The quantitative estimate of drug-likeness (QED) is 0.697. The highest BCUT2D eigenvalue weighted by molar-refractivity contribution is 5.73. The second kappa shape index (κ2) is 4.94. The van der Waals surface area contributed by atoms with E-state index in [0.29, 0.717) is 0 Å². The van der Waals surface area contributed by atoms with Gasteiger partial charge in [-0.25, -0.2) is 0 Å². The molecule has 1 unspecified atom stereocenters. The van der Waals surface area contributed by atoms with Crippen LogP contribution in [-0.4, -0.2) is 31.1 Å². The molecule has 0 aromatic rings. The molecule has 1 aliphatic heterocycles. The molecule has 1 saturated heterocycles. The van der Waals surface area contributed by atoms with E-state index in [1.54, 1.807) is 6.92 Å². The molecule has 0 aromatic heterocycles. The normalized spacial score (nSPS) is 33.6. The van der Waals surface area contributed by atoms with Crippen LogP contribution in [0, 0.1) is 5.92 Å². The fraction of sp³-hybridized carbons (Fsp3) is 0.923. The van der Waals surface area contributed by atoms with Gasteiger partial charge in [0.1, 0.15) is 5.92 Å². The standard InChI is InChI=1S/C13H22O4/c1-9(12(14)15-3)13(2)16-10-7-5-4-6-8-11(10)17-13/h9-11H,4-8H2,1-3H3/t9?,10-,11-/m0/s1. The van der Waals surface area contributed by atoms with E-state index in [9.17, 15) is 4.79 Å². The fourth-order valence-corrected chi connectivity index (χ4v) is 2.73. The molecular weight excluding hydrogens is 220 g/mol. The van der Waals surface area contributed by atoms with Crippen LogP contribution < -0.4 is 0 Å². The van der Waals surface area contributed by atoms with Crippen LogP contribution in [0.3, 0.4) is 0 Å². The Balaban J connectivity index is 2.06. The minimum absolute atomic E-state index is 0.148. The first-order valence-electron chi connectivity index (χ1n) is 6.50. The molecular formula is C13H22O4.